The Morgan fingerprint density at radius 1 is 1.33 bits per heavy atom. The number of nitrogens with two attached hydrogens (primary N) is 1. The summed E-state index contributed by atoms with van der Waals surface area (Å²) in [7, 11) is 1.44. The lowest BCUT2D eigenvalue weighted by Crippen LogP contribution is -2.13. The minimum Gasteiger partial charge on any atom is -0.504 e. The largest absolute Gasteiger partial charge is 0.504 e. The van der Waals surface area contributed by atoms with Gasteiger partial charge >= 0.3 is 0 Å². The summed E-state index contributed by atoms with van der Waals surface area (Å²) in [5, 5.41) is 12.4. The number of nitrogens with one attached hydrogen (secondary N) is 1. The Balaban J connectivity index is 2.28. The van der Waals surface area contributed by atoms with E-state index >= 15 is 0 Å². The highest BCUT2D eigenvalue weighted by Crippen LogP contribution is 2.31. The van der Waals surface area contributed by atoms with E-state index in [2.05, 4.69) is 21.2 Å². The van der Waals surface area contributed by atoms with Crippen molar-refractivity contribution in [2.24, 2.45) is 0 Å². The van der Waals surface area contributed by atoms with Crippen molar-refractivity contribution < 1.29 is 14.6 Å². The van der Waals surface area contributed by atoms with E-state index in [4.69, 9.17) is 10.5 Å². The number of anilines is 2. The highest BCUT2D eigenvalue weighted by Gasteiger charge is 2.13. The molecule has 0 atom stereocenters. The van der Waals surface area contributed by atoms with Crippen molar-refractivity contribution in [2.75, 3.05) is 18.2 Å². The first kappa shape index (κ1) is 15.2. The highest BCUT2D eigenvalue weighted by atomic mass is 79.9. The Morgan fingerprint density at radius 3 is 2.62 bits per heavy atom. The molecule has 0 aliphatic heterocycles. The molecule has 0 radical (unpaired) electrons. The number of carbonyl (C=O) groups is 1. The van der Waals surface area contributed by atoms with E-state index in [1.165, 1.54) is 19.2 Å². The molecule has 1 amide bonds. The number of carbonyl (C=O) groups excluding carboxylic acids is 1. The molecule has 0 saturated carbocycles. The number of hydrogen-bond acceptors (Lipinski definition) is 4. The molecule has 2 aromatic carbocycles. The number of aryl methyl sites for hydroxylation is 1. The van der Waals surface area contributed by atoms with Crippen LogP contribution in [0, 0.1) is 6.92 Å². The smallest absolute Gasteiger partial charge is 0.255 e. The Morgan fingerprint density at radius 2 is 2.05 bits per heavy atom. The minimum atomic E-state index is -0.371. The molecule has 0 spiro atoms. The van der Waals surface area contributed by atoms with Crippen LogP contribution in [0.3, 0.4) is 0 Å². The zero-order valence-corrected chi connectivity index (χ0v) is 13.2. The maximum Gasteiger partial charge on any atom is 0.255 e. The normalized spacial score (nSPS) is 10.2. The Hall–Kier alpha value is -2.21. The number of nitrogen functional groups attached to an aromatic ring is 1. The number of ether oxygens (including phenoxy) is 1. The van der Waals surface area contributed by atoms with E-state index in [0.717, 1.165) is 5.56 Å². The fraction of sp³-hybridized carbons (Fsp3) is 0.133. The second-order valence-electron chi connectivity index (χ2n) is 4.55. The van der Waals surface area contributed by atoms with Crippen LogP contribution < -0.4 is 15.8 Å². The third kappa shape index (κ3) is 3.28. The molecule has 6 heteroatoms. The van der Waals surface area contributed by atoms with E-state index in [-0.39, 0.29) is 11.7 Å². The first-order valence-corrected chi connectivity index (χ1v) is 6.95. The van der Waals surface area contributed by atoms with Crippen LogP contribution in [-0.4, -0.2) is 18.1 Å². The molecule has 0 aliphatic rings. The molecular formula is C15H15BrN2O3. The minimum absolute atomic E-state index is 0.0962. The molecule has 0 unspecified atom stereocenters. The summed E-state index contributed by atoms with van der Waals surface area (Å²) in [6.07, 6.45) is 0. The van der Waals surface area contributed by atoms with E-state index in [1.54, 1.807) is 12.1 Å². The number of rotatable bonds is 3. The van der Waals surface area contributed by atoms with E-state index in [9.17, 15) is 9.90 Å². The maximum absolute atomic E-state index is 12.2. The van der Waals surface area contributed by atoms with Crippen molar-refractivity contribution in [3.63, 3.8) is 0 Å². The van der Waals surface area contributed by atoms with Crippen LogP contribution >= 0.6 is 15.9 Å². The van der Waals surface area contributed by atoms with Crippen LogP contribution in [0.5, 0.6) is 11.5 Å². The number of phenolic OH excluding ortho intramolecular Hbond substituents is 1. The summed E-state index contributed by atoms with van der Waals surface area (Å²) in [4.78, 5) is 12.2. The van der Waals surface area contributed by atoms with Gasteiger partial charge in [-0.1, -0.05) is 0 Å². The first-order chi connectivity index (χ1) is 9.92. The average Bonchev–Trinajstić information content (AvgIpc) is 2.42. The Labute approximate surface area is 130 Å². The van der Waals surface area contributed by atoms with Crippen molar-refractivity contribution in [3.8, 4) is 11.5 Å². The number of hydrogen-bond donors (Lipinski definition) is 3. The number of benzene rings is 2. The highest BCUT2D eigenvalue weighted by molar-refractivity contribution is 9.10. The molecule has 5 nitrogen and oxygen atoms in total. The molecule has 4 N–H and O–H groups in total. The molecule has 0 aliphatic carbocycles. The van der Waals surface area contributed by atoms with E-state index in [1.807, 2.05) is 13.0 Å². The van der Waals surface area contributed by atoms with Crippen LogP contribution in [-0.2, 0) is 0 Å². The Kier molecular flexibility index (Phi) is 4.37. The van der Waals surface area contributed by atoms with E-state index < -0.39 is 0 Å². The molecule has 110 valence electrons. The van der Waals surface area contributed by atoms with Crippen molar-refractivity contribution in [3.05, 3.63) is 45.9 Å². The topological polar surface area (TPSA) is 84.6 Å². The summed E-state index contributed by atoms with van der Waals surface area (Å²) in [5.74, 6) is -0.159. The quantitative estimate of drug-likeness (QED) is 0.741. The lowest BCUT2D eigenvalue weighted by molar-refractivity contribution is 0.102. The van der Waals surface area contributed by atoms with Crippen molar-refractivity contribution in [1.82, 2.24) is 0 Å². The summed E-state index contributed by atoms with van der Waals surface area (Å²) in [6.45, 7) is 1.91. The van der Waals surface area contributed by atoms with Gasteiger partial charge in [-0.3, -0.25) is 4.79 Å². The molecule has 0 aromatic heterocycles. The summed E-state index contributed by atoms with van der Waals surface area (Å²) in [6, 6.07) is 8.06. The third-order valence-electron chi connectivity index (χ3n) is 2.94. The van der Waals surface area contributed by atoms with E-state index in [0.29, 0.717) is 27.2 Å². The fourth-order valence-electron chi connectivity index (χ4n) is 1.92. The van der Waals surface area contributed by atoms with Crippen molar-refractivity contribution in [1.29, 1.82) is 0 Å². The van der Waals surface area contributed by atoms with Gasteiger partial charge in [0.05, 0.1) is 18.5 Å². The van der Waals surface area contributed by atoms with Crippen LogP contribution in [0.25, 0.3) is 0 Å². The average molecular weight is 351 g/mol. The maximum atomic E-state index is 12.2. The Bertz CT molecular complexity index is 678. The predicted octanol–water partition coefficient (Wildman–Crippen LogP) is 3.31. The lowest BCUT2D eigenvalue weighted by Gasteiger charge is -2.12. The zero-order valence-electron chi connectivity index (χ0n) is 11.6. The first-order valence-electron chi connectivity index (χ1n) is 6.16. The van der Waals surface area contributed by atoms with Gasteiger partial charge in [0.25, 0.3) is 5.91 Å². The number of aromatic hydroxyl groups is 1. The molecule has 2 rings (SSSR count). The monoisotopic (exact) mass is 350 g/mol. The van der Waals surface area contributed by atoms with Crippen LogP contribution in [0.2, 0.25) is 0 Å². The van der Waals surface area contributed by atoms with Gasteiger partial charge in [-0.15, -0.1) is 0 Å². The standard InChI is InChI=1S/C15H15BrN2O3/c1-8-5-10(16)14(11(17)6-8)18-15(20)9-3-4-13(21-2)12(19)7-9/h3-7,19H,17H2,1-2H3,(H,18,20). The molecule has 0 saturated heterocycles. The molecule has 21 heavy (non-hydrogen) atoms. The zero-order chi connectivity index (χ0) is 15.6. The summed E-state index contributed by atoms with van der Waals surface area (Å²) < 4.78 is 5.64. The SMILES string of the molecule is COc1ccc(C(=O)Nc2c(N)cc(C)cc2Br)cc1O. The third-order valence-corrected chi connectivity index (χ3v) is 3.57. The van der Waals surface area contributed by atoms with Crippen LogP contribution in [0.4, 0.5) is 11.4 Å². The van der Waals surface area contributed by atoms with Gasteiger partial charge in [-0.2, -0.15) is 0 Å². The predicted molar refractivity (Wildman–Crippen MR) is 85.9 cm³/mol. The number of halogens is 1. The number of phenols is 1. The molecule has 0 fully saturated rings. The number of amides is 1. The van der Waals surface area contributed by atoms with Gasteiger partial charge in [-0.05, 0) is 58.7 Å². The van der Waals surface area contributed by atoms with Gasteiger partial charge in [-0.25, -0.2) is 0 Å². The second kappa shape index (κ2) is 6.05. The van der Waals surface area contributed by atoms with Crippen LogP contribution in [0.15, 0.2) is 34.8 Å². The van der Waals surface area contributed by atoms with Gasteiger partial charge in [0.15, 0.2) is 11.5 Å². The van der Waals surface area contributed by atoms with Crippen LogP contribution in [0.1, 0.15) is 15.9 Å². The molecule has 2 aromatic rings. The lowest BCUT2D eigenvalue weighted by atomic mass is 10.1. The van der Waals surface area contributed by atoms with Gasteiger partial charge in [0.2, 0.25) is 0 Å². The van der Waals surface area contributed by atoms with Gasteiger partial charge in [0, 0.05) is 10.0 Å². The summed E-state index contributed by atoms with van der Waals surface area (Å²) in [5.41, 5.74) is 8.17. The van der Waals surface area contributed by atoms with Crippen molar-refractivity contribution >= 4 is 33.2 Å². The summed E-state index contributed by atoms with van der Waals surface area (Å²) >= 11 is 3.37. The fourth-order valence-corrected chi connectivity index (χ4v) is 2.61. The molecule has 0 heterocycles. The molecule has 0 bridgehead atoms. The second-order valence-corrected chi connectivity index (χ2v) is 5.41. The molecular weight excluding hydrogens is 336 g/mol. The number of methoxy groups -OCH3 is 1. The van der Waals surface area contributed by atoms with Gasteiger partial charge in [0.1, 0.15) is 0 Å². The van der Waals surface area contributed by atoms with Gasteiger partial charge < -0.3 is 20.9 Å². The van der Waals surface area contributed by atoms with Crippen molar-refractivity contribution in [2.45, 2.75) is 6.92 Å².